The fourth-order valence-electron chi connectivity index (χ4n) is 1.35. The summed E-state index contributed by atoms with van der Waals surface area (Å²) in [6.07, 6.45) is -0.626. The van der Waals surface area contributed by atoms with Crippen LogP contribution in [0.2, 0.25) is 0 Å². The van der Waals surface area contributed by atoms with E-state index in [0.717, 1.165) is 0 Å². The molecule has 0 saturated heterocycles. The first-order valence-corrected chi connectivity index (χ1v) is 5.22. The Morgan fingerprint density at radius 2 is 2.00 bits per heavy atom. The van der Waals surface area contributed by atoms with Gasteiger partial charge < -0.3 is 15.5 Å². The van der Waals surface area contributed by atoms with E-state index in [0.29, 0.717) is 18.8 Å². The van der Waals surface area contributed by atoms with Crippen LogP contribution in [-0.2, 0) is 0 Å². The van der Waals surface area contributed by atoms with Crippen LogP contribution >= 0.6 is 11.6 Å². The minimum absolute atomic E-state index is 0.135. The summed E-state index contributed by atoms with van der Waals surface area (Å²) in [7, 11) is 0. The predicted octanol–water partition coefficient (Wildman–Crippen LogP) is 1.66. The second kappa shape index (κ2) is 6.90. The van der Waals surface area contributed by atoms with Crippen LogP contribution in [0.3, 0.4) is 0 Å². The van der Waals surface area contributed by atoms with Gasteiger partial charge in [0.1, 0.15) is 0 Å². The third kappa shape index (κ3) is 6.97. The molecule has 0 aromatic rings. The lowest BCUT2D eigenvalue weighted by Gasteiger charge is -2.20. The highest BCUT2D eigenvalue weighted by molar-refractivity contribution is 6.18. The van der Waals surface area contributed by atoms with E-state index >= 15 is 0 Å². The SMILES string of the molecule is CC(C)C[C@@H](CC(O)CCl)NC(=O)O. The van der Waals surface area contributed by atoms with Gasteiger partial charge in [-0.1, -0.05) is 13.8 Å². The highest BCUT2D eigenvalue weighted by Gasteiger charge is 2.17. The van der Waals surface area contributed by atoms with E-state index in [1.165, 1.54) is 0 Å². The van der Waals surface area contributed by atoms with E-state index in [2.05, 4.69) is 5.32 Å². The molecule has 5 heteroatoms. The van der Waals surface area contributed by atoms with Crippen molar-refractivity contribution in [3.63, 3.8) is 0 Å². The minimum Gasteiger partial charge on any atom is -0.465 e. The zero-order valence-corrected chi connectivity index (χ0v) is 9.29. The number of aliphatic hydroxyl groups excluding tert-OH is 1. The number of carboxylic acid groups (broad SMARTS) is 1. The van der Waals surface area contributed by atoms with Crippen molar-refractivity contribution in [1.29, 1.82) is 0 Å². The molecule has 0 aromatic carbocycles. The highest BCUT2D eigenvalue weighted by atomic mass is 35.5. The maximum absolute atomic E-state index is 10.4. The van der Waals surface area contributed by atoms with Gasteiger partial charge in [0.2, 0.25) is 0 Å². The fourth-order valence-corrected chi connectivity index (χ4v) is 1.48. The summed E-state index contributed by atoms with van der Waals surface area (Å²) >= 11 is 5.44. The van der Waals surface area contributed by atoms with Gasteiger partial charge in [0.05, 0.1) is 6.10 Å². The summed E-state index contributed by atoms with van der Waals surface area (Å²) in [6.45, 7) is 4.01. The van der Waals surface area contributed by atoms with Gasteiger partial charge in [0, 0.05) is 11.9 Å². The Morgan fingerprint density at radius 1 is 1.43 bits per heavy atom. The van der Waals surface area contributed by atoms with Gasteiger partial charge in [-0.25, -0.2) is 4.79 Å². The number of amides is 1. The summed E-state index contributed by atoms with van der Waals surface area (Å²) in [5, 5.41) is 20.2. The summed E-state index contributed by atoms with van der Waals surface area (Å²) in [5.74, 6) is 0.518. The van der Waals surface area contributed by atoms with Crippen molar-refractivity contribution in [1.82, 2.24) is 5.32 Å². The average Bonchev–Trinajstić information content (AvgIpc) is 2.01. The lowest BCUT2D eigenvalue weighted by molar-refractivity contribution is 0.155. The number of rotatable bonds is 6. The van der Waals surface area contributed by atoms with Crippen LogP contribution in [0.15, 0.2) is 0 Å². The number of hydrogen-bond donors (Lipinski definition) is 3. The lowest BCUT2D eigenvalue weighted by Crippen LogP contribution is -2.37. The Kier molecular flexibility index (Phi) is 6.66. The van der Waals surface area contributed by atoms with Crippen LogP contribution < -0.4 is 5.32 Å². The van der Waals surface area contributed by atoms with Gasteiger partial charge in [-0.3, -0.25) is 0 Å². The van der Waals surface area contributed by atoms with Crippen molar-refractivity contribution < 1.29 is 15.0 Å². The number of aliphatic hydroxyl groups is 1. The molecule has 0 fully saturated rings. The van der Waals surface area contributed by atoms with Crippen LogP contribution in [0.4, 0.5) is 4.79 Å². The maximum Gasteiger partial charge on any atom is 0.404 e. The van der Waals surface area contributed by atoms with Crippen LogP contribution in [0.5, 0.6) is 0 Å². The second-order valence-electron chi connectivity index (χ2n) is 3.82. The van der Waals surface area contributed by atoms with Crippen molar-refractivity contribution in [2.75, 3.05) is 5.88 Å². The zero-order valence-electron chi connectivity index (χ0n) is 8.53. The number of carbonyl (C=O) groups is 1. The Labute approximate surface area is 89.3 Å². The molecule has 0 rings (SSSR count). The molecule has 2 atom stereocenters. The Bertz CT molecular complexity index is 175. The van der Waals surface area contributed by atoms with E-state index in [1.807, 2.05) is 13.8 Å². The standard InChI is InChI=1S/C9H18ClNO3/c1-6(2)3-7(11-9(13)14)4-8(12)5-10/h6-8,11-12H,3-5H2,1-2H3,(H,13,14)/t7-,8?/m0/s1. The van der Waals surface area contributed by atoms with Gasteiger partial charge in [0.15, 0.2) is 0 Å². The number of alkyl halides is 1. The molecule has 0 saturated carbocycles. The predicted molar refractivity (Wildman–Crippen MR) is 55.7 cm³/mol. The molecular formula is C9H18ClNO3. The highest BCUT2D eigenvalue weighted by Crippen LogP contribution is 2.10. The van der Waals surface area contributed by atoms with Crippen molar-refractivity contribution in [2.45, 2.75) is 38.8 Å². The fraction of sp³-hybridized carbons (Fsp3) is 0.889. The Morgan fingerprint density at radius 3 is 2.36 bits per heavy atom. The maximum atomic E-state index is 10.4. The third-order valence-corrected chi connectivity index (χ3v) is 2.17. The minimum atomic E-state index is -1.06. The summed E-state index contributed by atoms with van der Waals surface area (Å²) < 4.78 is 0. The van der Waals surface area contributed by atoms with Crippen molar-refractivity contribution in [3.8, 4) is 0 Å². The first-order valence-electron chi connectivity index (χ1n) is 4.69. The molecule has 0 aliphatic heterocycles. The normalized spacial score (nSPS) is 15.2. The van der Waals surface area contributed by atoms with Crippen LogP contribution in [0.1, 0.15) is 26.7 Å². The quantitative estimate of drug-likeness (QED) is 0.600. The van der Waals surface area contributed by atoms with Gasteiger partial charge >= 0.3 is 6.09 Å². The summed E-state index contributed by atoms with van der Waals surface area (Å²) in [6, 6.07) is -0.221. The first-order chi connectivity index (χ1) is 6.45. The molecule has 0 bridgehead atoms. The topological polar surface area (TPSA) is 69.6 Å². The molecule has 14 heavy (non-hydrogen) atoms. The zero-order chi connectivity index (χ0) is 11.1. The van der Waals surface area contributed by atoms with E-state index in [4.69, 9.17) is 16.7 Å². The molecule has 84 valence electrons. The van der Waals surface area contributed by atoms with Crippen LogP contribution in [0, 0.1) is 5.92 Å². The molecule has 1 unspecified atom stereocenters. The van der Waals surface area contributed by atoms with Gasteiger partial charge in [0.25, 0.3) is 0 Å². The van der Waals surface area contributed by atoms with E-state index in [9.17, 15) is 9.90 Å². The molecule has 0 aliphatic rings. The Hall–Kier alpha value is -0.480. The largest absolute Gasteiger partial charge is 0.465 e. The van der Waals surface area contributed by atoms with Gasteiger partial charge in [-0.05, 0) is 18.8 Å². The molecule has 0 aliphatic carbocycles. The third-order valence-electron chi connectivity index (χ3n) is 1.82. The van der Waals surface area contributed by atoms with Crippen molar-refractivity contribution in [2.24, 2.45) is 5.92 Å². The number of halogens is 1. The summed E-state index contributed by atoms with van der Waals surface area (Å²) in [4.78, 5) is 10.4. The summed E-state index contributed by atoms with van der Waals surface area (Å²) in [5.41, 5.74) is 0. The van der Waals surface area contributed by atoms with E-state index in [-0.39, 0.29) is 11.9 Å². The van der Waals surface area contributed by atoms with Crippen LogP contribution in [-0.4, -0.2) is 34.3 Å². The van der Waals surface area contributed by atoms with E-state index in [1.54, 1.807) is 0 Å². The first kappa shape index (κ1) is 13.5. The second-order valence-corrected chi connectivity index (χ2v) is 4.13. The van der Waals surface area contributed by atoms with E-state index < -0.39 is 12.2 Å². The molecule has 0 heterocycles. The lowest BCUT2D eigenvalue weighted by atomic mass is 9.99. The molecule has 4 nitrogen and oxygen atoms in total. The molecule has 0 spiro atoms. The Balaban J connectivity index is 4.03. The smallest absolute Gasteiger partial charge is 0.404 e. The number of nitrogens with one attached hydrogen (secondary N) is 1. The molecule has 0 radical (unpaired) electrons. The average molecular weight is 224 g/mol. The molecule has 0 aromatic heterocycles. The molecule has 1 amide bonds. The molecular weight excluding hydrogens is 206 g/mol. The van der Waals surface area contributed by atoms with Crippen LogP contribution in [0.25, 0.3) is 0 Å². The number of hydrogen-bond acceptors (Lipinski definition) is 2. The molecule has 3 N–H and O–H groups in total. The van der Waals surface area contributed by atoms with Crippen molar-refractivity contribution in [3.05, 3.63) is 0 Å². The van der Waals surface area contributed by atoms with Gasteiger partial charge in [-0.2, -0.15) is 0 Å². The van der Waals surface area contributed by atoms with Crippen molar-refractivity contribution >= 4 is 17.7 Å². The van der Waals surface area contributed by atoms with Gasteiger partial charge in [-0.15, -0.1) is 11.6 Å². The monoisotopic (exact) mass is 223 g/mol.